The van der Waals surface area contributed by atoms with Gasteiger partial charge in [-0.2, -0.15) is 5.10 Å². The lowest BCUT2D eigenvalue weighted by Crippen LogP contribution is -2.52. The summed E-state index contributed by atoms with van der Waals surface area (Å²) in [5, 5.41) is 7.71. The molecular weight excluding hydrogens is 374 g/mol. The second-order valence-electron chi connectivity index (χ2n) is 7.39. The van der Waals surface area contributed by atoms with Gasteiger partial charge in [0.05, 0.1) is 6.54 Å². The second-order valence-corrected chi connectivity index (χ2v) is 7.39. The number of guanidine groups is 1. The minimum absolute atomic E-state index is 0.614. The van der Waals surface area contributed by atoms with E-state index < -0.39 is 0 Å². The Bertz CT molecular complexity index is 929. The predicted molar refractivity (Wildman–Crippen MR) is 119 cm³/mol. The van der Waals surface area contributed by atoms with Gasteiger partial charge in [0.2, 0.25) is 0 Å². The van der Waals surface area contributed by atoms with Gasteiger partial charge in [-0.25, -0.2) is 14.7 Å². The Hall–Kier alpha value is -3.19. The van der Waals surface area contributed by atoms with Gasteiger partial charge in [0.15, 0.2) is 11.8 Å². The van der Waals surface area contributed by atoms with Gasteiger partial charge in [0, 0.05) is 57.9 Å². The van der Waals surface area contributed by atoms with Gasteiger partial charge < -0.3 is 10.2 Å². The molecule has 0 amide bonds. The molecule has 0 saturated carbocycles. The van der Waals surface area contributed by atoms with Crippen LogP contribution in [0.3, 0.4) is 0 Å². The molecule has 0 atom stereocenters. The van der Waals surface area contributed by atoms with E-state index in [2.05, 4.69) is 62.5 Å². The van der Waals surface area contributed by atoms with Crippen LogP contribution in [0.2, 0.25) is 0 Å². The minimum atomic E-state index is 0.614. The highest BCUT2D eigenvalue weighted by molar-refractivity contribution is 5.80. The molecule has 0 bridgehead atoms. The van der Waals surface area contributed by atoms with Crippen LogP contribution in [-0.2, 0) is 13.1 Å². The summed E-state index contributed by atoms with van der Waals surface area (Å²) in [5.74, 6) is 1.79. The topological polar surface area (TPSA) is 61.6 Å². The molecule has 30 heavy (non-hydrogen) atoms. The maximum absolute atomic E-state index is 4.89. The van der Waals surface area contributed by atoms with Gasteiger partial charge in [-0.05, 0) is 36.2 Å². The third kappa shape index (κ3) is 5.24. The molecule has 2 aromatic heterocycles. The van der Waals surface area contributed by atoms with Gasteiger partial charge in [-0.3, -0.25) is 4.90 Å². The molecular formula is C23H29N7. The lowest BCUT2D eigenvalue weighted by molar-refractivity contribution is 0.172. The molecule has 0 aliphatic carbocycles. The van der Waals surface area contributed by atoms with Gasteiger partial charge in [-0.1, -0.05) is 30.3 Å². The Labute approximate surface area is 178 Å². The van der Waals surface area contributed by atoms with Crippen molar-refractivity contribution >= 4 is 5.96 Å². The first-order valence-electron chi connectivity index (χ1n) is 10.6. The van der Waals surface area contributed by atoms with Gasteiger partial charge in [0.25, 0.3) is 0 Å². The fourth-order valence-corrected chi connectivity index (χ4v) is 3.64. The minimum Gasteiger partial charge on any atom is -0.357 e. The predicted octanol–water partition coefficient (Wildman–Crippen LogP) is 2.55. The number of pyridine rings is 1. The fourth-order valence-electron chi connectivity index (χ4n) is 3.64. The lowest BCUT2D eigenvalue weighted by Gasteiger charge is -2.36. The molecule has 1 saturated heterocycles. The van der Waals surface area contributed by atoms with Crippen molar-refractivity contribution in [3.63, 3.8) is 0 Å². The van der Waals surface area contributed by atoms with Crippen LogP contribution in [0.15, 0.2) is 72.1 Å². The average molecular weight is 404 g/mol. The zero-order valence-corrected chi connectivity index (χ0v) is 17.5. The number of hydrogen-bond donors (Lipinski definition) is 1. The molecule has 1 N–H and O–H groups in total. The van der Waals surface area contributed by atoms with Crippen molar-refractivity contribution in [2.24, 2.45) is 4.99 Å². The Morgan fingerprint density at radius 2 is 1.83 bits per heavy atom. The van der Waals surface area contributed by atoms with E-state index in [1.54, 1.807) is 10.9 Å². The Balaban J connectivity index is 1.37. The highest BCUT2D eigenvalue weighted by atomic mass is 15.3. The second kappa shape index (κ2) is 10.0. The maximum Gasteiger partial charge on any atom is 0.194 e. The van der Waals surface area contributed by atoms with Crippen molar-refractivity contribution in [2.45, 2.75) is 20.0 Å². The number of piperazine rings is 1. The summed E-state index contributed by atoms with van der Waals surface area (Å²) in [6.07, 6.45) is 5.47. The van der Waals surface area contributed by atoms with Gasteiger partial charge in [-0.15, -0.1) is 0 Å². The number of aliphatic imine (C=N–C) groups is 1. The van der Waals surface area contributed by atoms with E-state index in [-0.39, 0.29) is 0 Å². The van der Waals surface area contributed by atoms with E-state index in [1.807, 2.05) is 30.6 Å². The summed E-state index contributed by atoms with van der Waals surface area (Å²) in [4.78, 5) is 14.2. The summed E-state index contributed by atoms with van der Waals surface area (Å²) in [7, 11) is 0. The molecule has 7 heteroatoms. The van der Waals surface area contributed by atoms with Crippen LogP contribution in [0, 0.1) is 0 Å². The van der Waals surface area contributed by atoms with Gasteiger partial charge in [0.1, 0.15) is 0 Å². The van der Waals surface area contributed by atoms with Crippen LogP contribution in [0.25, 0.3) is 5.82 Å². The van der Waals surface area contributed by atoms with Crippen LogP contribution in [0.4, 0.5) is 0 Å². The smallest absolute Gasteiger partial charge is 0.194 e. The van der Waals surface area contributed by atoms with Crippen molar-refractivity contribution in [2.75, 3.05) is 32.7 Å². The number of nitrogens with one attached hydrogen (secondary N) is 1. The van der Waals surface area contributed by atoms with E-state index in [0.717, 1.165) is 56.6 Å². The van der Waals surface area contributed by atoms with Crippen LogP contribution < -0.4 is 5.32 Å². The average Bonchev–Trinajstić information content (AvgIpc) is 3.33. The van der Waals surface area contributed by atoms with E-state index in [1.165, 1.54) is 5.56 Å². The summed E-state index contributed by atoms with van der Waals surface area (Å²) in [6.45, 7) is 8.64. The van der Waals surface area contributed by atoms with Crippen LogP contribution in [0.5, 0.6) is 0 Å². The van der Waals surface area contributed by atoms with Crippen LogP contribution in [-0.4, -0.2) is 63.2 Å². The van der Waals surface area contributed by atoms with E-state index in [0.29, 0.717) is 6.54 Å². The van der Waals surface area contributed by atoms with Crippen molar-refractivity contribution in [3.8, 4) is 5.82 Å². The molecule has 7 nitrogen and oxygen atoms in total. The number of aromatic nitrogens is 3. The third-order valence-corrected chi connectivity index (χ3v) is 5.22. The molecule has 4 rings (SSSR count). The summed E-state index contributed by atoms with van der Waals surface area (Å²) in [5.41, 5.74) is 2.49. The highest BCUT2D eigenvalue weighted by Gasteiger charge is 2.19. The lowest BCUT2D eigenvalue weighted by atomic mass is 10.2. The van der Waals surface area contributed by atoms with E-state index >= 15 is 0 Å². The number of nitrogens with zero attached hydrogens (tertiary/aromatic N) is 6. The Morgan fingerprint density at radius 3 is 2.57 bits per heavy atom. The van der Waals surface area contributed by atoms with E-state index in [9.17, 15) is 0 Å². The first-order valence-corrected chi connectivity index (χ1v) is 10.6. The molecule has 1 aliphatic heterocycles. The largest absolute Gasteiger partial charge is 0.357 e. The molecule has 0 radical (unpaired) electrons. The van der Waals surface area contributed by atoms with Crippen molar-refractivity contribution in [3.05, 3.63) is 78.2 Å². The molecule has 0 spiro atoms. The molecule has 1 aliphatic rings. The summed E-state index contributed by atoms with van der Waals surface area (Å²) in [6, 6.07) is 16.6. The molecule has 156 valence electrons. The van der Waals surface area contributed by atoms with E-state index in [4.69, 9.17) is 4.99 Å². The molecule has 0 unspecified atom stereocenters. The van der Waals surface area contributed by atoms with Crippen molar-refractivity contribution in [1.29, 1.82) is 0 Å². The zero-order chi connectivity index (χ0) is 20.6. The first kappa shape index (κ1) is 20.1. The number of hydrogen-bond acceptors (Lipinski definition) is 4. The molecule has 1 aromatic carbocycles. The third-order valence-electron chi connectivity index (χ3n) is 5.22. The molecule has 3 heterocycles. The zero-order valence-electron chi connectivity index (χ0n) is 17.5. The Kier molecular flexibility index (Phi) is 6.72. The van der Waals surface area contributed by atoms with Crippen molar-refractivity contribution < 1.29 is 0 Å². The summed E-state index contributed by atoms with van der Waals surface area (Å²) < 4.78 is 1.77. The first-order chi connectivity index (χ1) is 14.8. The van der Waals surface area contributed by atoms with Gasteiger partial charge >= 0.3 is 0 Å². The number of benzene rings is 1. The SMILES string of the molecule is CCNC(=NCc1ccnc(-n2cccn2)c1)N1CCN(Cc2ccccc2)CC1. The quantitative estimate of drug-likeness (QED) is 0.506. The maximum atomic E-state index is 4.89. The molecule has 3 aromatic rings. The number of rotatable bonds is 6. The highest BCUT2D eigenvalue weighted by Crippen LogP contribution is 2.11. The standard InChI is InChI=1S/C23H29N7/c1-2-24-23(26-18-21-9-11-25-22(17-21)30-12-6-10-27-30)29-15-13-28(14-16-29)19-20-7-4-3-5-8-20/h3-12,17H,2,13-16,18-19H2,1H3,(H,24,26). The fraction of sp³-hybridized carbons (Fsp3) is 0.348. The monoisotopic (exact) mass is 403 g/mol. The Morgan fingerprint density at radius 1 is 1.00 bits per heavy atom. The van der Waals surface area contributed by atoms with Crippen LogP contribution in [0.1, 0.15) is 18.1 Å². The van der Waals surface area contributed by atoms with Crippen molar-refractivity contribution in [1.82, 2.24) is 29.9 Å². The normalized spacial score (nSPS) is 15.4. The summed E-state index contributed by atoms with van der Waals surface area (Å²) >= 11 is 0. The molecule has 1 fully saturated rings. The van der Waals surface area contributed by atoms with Crippen LogP contribution >= 0.6 is 0 Å².